The van der Waals surface area contributed by atoms with Crippen LogP contribution in [0.15, 0.2) is 80.2 Å². The largest absolute Gasteiger partial charge is 0.358 e. The van der Waals surface area contributed by atoms with Crippen molar-refractivity contribution < 1.29 is 0 Å². The van der Waals surface area contributed by atoms with Gasteiger partial charge >= 0.3 is 0 Å². The molecule has 5 heterocycles. The molecular formula is C33H33N7. The summed E-state index contributed by atoms with van der Waals surface area (Å²) in [7, 11) is 0. The molecule has 0 spiro atoms. The van der Waals surface area contributed by atoms with Crippen LogP contribution in [0.2, 0.25) is 0 Å². The Balaban J connectivity index is 1.34. The topological polar surface area (TPSA) is 95.2 Å². The van der Waals surface area contributed by atoms with Crippen LogP contribution in [0.25, 0.3) is 51.3 Å². The Morgan fingerprint density at radius 1 is 1.02 bits per heavy atom. The van der Waals surface area contributed by atoms with Gasteiger partial charge in [0.1, 0.15) is 5.69 Å². The summed E-state index contributed by atoms with van der Waals surface area (Å²) in [5.41, 5.74) is 8.27. The van der Waals surface area contributed by atoms with Crippen molar-refractivity contribution in [1.82, 2.24) is 30.1 Å². The van der Waals surface area contributed by atoms with Gasteiger partial charge in [-0.1, -0.05) is 44.6 Å². The van der Waals surface area contributed by atoms with E-state index >= 15 is 0 Å². The van der Waals surface area contributed by atoms with Gasteiger partial charge in [0, 0.05) is 46.0 Å². The number of fused-ring (bicyclic) bond motifs is 1. The van der Waals surface area contributed by atoms with Gasteiger partial charge in [0.25, 0.3) is 0 Å². The second kappa shape index (κ2) is 11.1. The quantitative estimate of drug-likeness (QED) is 0.234. The van der Waals surface area contributed by atoms with E-state index in [2.05, 4.69) is 66.8 Å². The summed E-state index contributed by atoms with van der Waals surface area (Å²) in [6.07, 6.45) is 19.5. The summed E-state index contributed by atoms with van der Waals surface area (Å²) in [4.78, 5) is 17.0. The molecule has 0 radical (unpaired) electrons. The molecule has 3 N–H and O–H groups in total. The minimum absolute atomic E-state index is 0.521. The normalized spacial score (nSPS) is 15.0. The Hall–Kier alpha value is -4.78. The number of aromatic nitrogens is 6. The standard InChI is InChI=1S/C33H33N7/c1-4-29-27(14-21(2)24-15-25(18-34-17-24)37-22(3)23-10-6-5-7-11-23)33(40-39-29)31-16-26-28(19-35-20-32(26)38-31)30-12-8-9-13-36-30/h4,8-9,12-20,23,37-39H,2-3,5-7,10-11H2,1H3/b27-14+,29-4+. The number of hydrogen-bond acceptors (Lipinski definition) is 5. The number of pyridine rings is 3. The van der Waals surface area contributed by atoms with Crippen LogP contribution in [0.3, 0.4) is 0 Å². The molecule has 1 aliphatic rings. The van der Waals surface area contributed by atoms with E-state index in [1.54, 1.807) is 6.20 Å². The smallest absolute Gasteiger partial charge is 0.116 e. The molecule has 5 aromatic rings. The maximum Gasteiger partial charge on any atom is 0.116 e. The van der Waals surface area contributed by atoms with Gasteiger partial charge in [-0.15, -0.1) is 0 Å². The van der Waals surface area contributed by atoms with Crippen molar-refractivity contribution >= 4 is 34.3 Å². The fourth-order valence-corrected chi connectivity index (χ4v) is 5.52. The lowest BCUT2D eigenvalue weighted by molar-refractivity contribution is 0.405. The number of anilines is 1. The van der Waals surface area contributed by atoms with Gasteiger partial charge in [0.15, 0.2) is 0 Å². The van der Waals surface area contributed by atoms with Crippen molar-refractivity contribution in [3.8, 4) is 22.6 Å². The van der Waals surface area contributed by atoms with E-state index < -0.39 is 0 Å². The molecule has 1 saturated carbocycles. The highest BCUT2D eigenvalue weighted by molar-refractivity contribution is 5.97. The van der Waals surface area contributed by atoms with Gasteiger partial charge in [-0.25, -0.2) is 0 Å². The number of rotatable bonds is 7. The fraction of sp³-hybridized carbons (Fsp3) is 0.212. The molecule has 7 heteroatoms. The fourth-order valence-electron chi connectivity index (χ4n) is 5.52. The molecular weight excluding hydrogens is 494 g/mol. The molecule has 200 valence electrons. The first kappa shape index (κ1) is 25.5. The molecule has 40 heavy (non-hydrogen) atoms. The average molecular weight is 528 g/mol. The summed E-state index contributed by atoms with van der Waals surface area (Å²) < 4.78 is 0. The van der Waals surface area contributed by atoms with Gasteiger partial charge < -0.3 is 10.3 Å². The molecule has 1 aliphatic carbocycles. The third kappa shape index (κ3) is 5.10. The molecule has 7 nitrogen and oxygen atoms in total. The van der Waals surface area contributed by atoms with E-state index in [0.29, 0.717) is 5.92 Å². The molecule has 0 saturated heterocycles. The van der Waals surface area contributed by atoms with Gasteiger partial charge in [0.2, 0.25) is 0 Å². The van der Waals surface area contributed by atoms with Crippen LogP contribution in [0, 0.1) is 5.92 Å². The molecule has 0 aromatic carbocycles. The van der Waals surface area contributed by atoms with Gasteiger partial charge in [-0.05, 0) is 61.6 Å². The third-order valence-electron chi connectivity index (χ3n) is 7.69. The SMILES string of the molecule is C=C(/C=c1/c(-c2cc3c(-c4ccccn4)cncc3[nH]2)n[nH]/c1=C/C)c1cncc(NC(=C)C2CCCCC2)c1. The molecule has 0 bridgehead atoms. The summed E-state index contributed by atoms with van der Waals surface area (Å²) in [6, 6.07) is 10.1. The number of H-pyrrole nitrogens is 2. The van der Waals surface area contributed by atoms with Crippen molar-refractivity contribution in [3.63, 3.8) is 0 Å². The number of nitrogens with zero attached hydrogens (tertiary/aromatic N) is 4. The van der Waals surface area contributed by atoms with Crippen LogP contribution in [0.1, 0.15) is 44.6 Å². The Kier molecular flexibility index (Phi) is 7.10. The molecule has 0 aliphatic heterocycles. The zero-order valence-corrected chi connectivity index (χ0v) is 22.7. The summed E-state index contributed by atoms with van der Waals surface area (Å²) in [5.74, 6) is 0.521. The van der Waals surface area contributed by atoms with Gasteiger partial charge in [-0.2, -0.15) is 5.10 Å². The number of hydrogen-bond donors (Lipinski definition) is 3. The second-order valence-corrected chi connectivity index (χ2v) is 10.4. The van der Waals surface area contributed by atoms with Crippen molar-refractivity contribution in [3.05, 3.63) is 96.3 Å². The third-order valence-corrected chi connectivity index (χ3v) is 7.69. The van der Waals surface area contributed by atoms with E-state index in [9.17, 15) is 0 Å². The Morgan fingerprint density at radius 3 is 2.67 bits per heavy atom. The summed E-state index contributed by atoms with van der Waals surface area (Å²) in [5, 5.41) is 14.3. The number of allylic oxidation sites excluding steroid dienone is 2. The molecule has 5 aromatic heterocycles. The van der Waals surface area contributed by atoms with E-state index in [1.165, 1.54) is 32.1 Å². The predicted molar refractivity (Wildman–Crippen MR) is 163 cm³/mol. The van der Waals surface area contributed by atoms with E-state index in [1.807, 2.05) is 56.0 Å². The highest BCUT2D eigenvalue weighted by Crippen LogP contribution is 2.31. The van der Waals surface area contributed by atoms with Gasteiger partial charge in [0.05, 0.1) is 40.3 Å². The zero-order chi connectivity index (χ0) is 27.5. The molecule has 1 fully saturated rings. The first-order chi connectivity index (χ1) is 19.6. The zero-order valence-electron chi connectivity index (χ0n) is 22.7. The highest BCUT2D eigenvalue weighted by atomic mass is 15.1. The maximum absolute atomic E-state index is 4.67. The average Bonchev–Trinajstić information content (AvgIpc) is 3.62. The molecule has 0 amide bonds. The van der Waals surface area contributed by atoms with Crippen LogP contribution in [0.5, 0.6) is 0 Å². The number of nitrogens with one attached hydrogen (secondary N) is 3. The first-order valence-corrected chi connectivity index (χ1v) is 13.8. The minimum Gasteiger partial charge on any atom is -0.358 e. The molecule has 0 atom stereocenters. The van der Waals surface area contributed by atoms with Crippen molar-refractivity contribution in [1.29, 1.82) is 0 Å². The minimum atomic E-state index is 0.521. The molecule has 6 rings (SSSR count). The van der Waals surface area contributed by atoms with Crippen LogP contribution < -0.4 is 15.9 Å². The van der Waals surface area contributed by atoms with Crippen molar-refractivity contribution in [2.24, 2.45) is 5.92 Å². The van der Waals surface area contributed by atoms with Gasteiger partial charge in [-0.3, -0.25) is 20.1 Å². The van der Waals surface area contributed by atoms with E-state index in [-0.39, 0.29) is 0 Å². The van der Waals surface area contributed by atoms with Crippen molar-refractivity contribution in [2.75, 3.05) is 5.32 Å². The van der Waals surface area contributed by atoms with E-state index in [0.717, 1.165) is 66.6 Å². The van der Waals surface area contributed by atoms with Crippen LogP contribution in [-0.2, 0) is 0 Å². The van der Waals surface area contributed by atoms with Crippen molar-refractivity contribution in [2.45, 2.75) is 39.0 Å². The predicted octanol–water partition coefficient (Wildman–Crippen LogP) is 6.21. The van der Waals surface area contributed by atoms with E-state index in [4.69, 9.17) is 0 Å². The highest BCUT2D eigenvalue weighted by Gasteiger charge is 2.17. The lowest BCUT2D eigenvalue weighted by Gasteiger charge is -2.24. The van der Waals surface area contributed by atoms with Crippen LogP contribution in [-0.4, -0.2) is 30.1 Å². The Labute approximate surface area is 233 Å². The van der Waals surface area contributed by atoms with Crippen LogP contribution in [0.4, 0.5) is 5.69 Å². The summed E-state index contributed by atoms with van der Waals surface area (Å²) in [6.45, 7) is 10.7. The first-order valence-electron chi connectivity index (χ1n) is 13.8. The maximum atomic E-state index is 4.67. The van der Waals surface area contributed by atoms with Crippen LogP contribution >= 0.6 is 0 Å². The lowest BCUT2D eigenvalue weighted by Crippen LogP contribution is -2.23. The molecule has 0 unspecified atom stereocenters. The Morgan fingerprint density at radius 2 is 1.88 bits per heavy atom. The second-order valence-electron chi connectivity index (χ2n) is 10.4. The Bertz CT molecular complexity index is 1800. The number of aromatic amines is 2. The summed E-state index contributed by atoms with van der Waals surface area (Å²) >= 11 is 0. The monoisotopic (exact) mass is 527 g/mol. The lowest BCUT2D eigenvalue weighted by atomic mass is 9.87.